The maximum Gasteiger partial charge on any atom is 0.126 e. The van der Waals surface area contributed by atoms with Crippen LogP contribution in [0.25, 0.3) is 0 Å². The zero-order valence-corrected chi connectivity index (χ0v) is 10.6. The highest BCUT2D eigenvalue weighted by Gasteiger charge is 2.11. The highest BCUT2D eigenvalue weighted by Crippen LogP contribution is 2.29. The van der Waals surface area contributed by atoms with Crippen molar-refractivity contribution < 1.29 is 4.39 Å². The summed E-state index contributed by atoms with van der Waals surface area (Å²) < 4.78 is 13.5. The smallest absolute Gasteiger partial charge is 0.126 e. The average molecular weight is 249 g/mol. The molecule has 0 N–H and O–H groups in total. The Morgan fingerprint density at radius 1 is 0.941 bits per heavy atom. The maximum atomic E-state index is 13.5. The predicted molar refractivity (Wildman–Crippen MR) is 70.0 cm³/mol. The van der Waals surface area contributed by atoms with Gasteiger partial charge in [-0.05, 0) is 36.6 Å². The lowest BCUT2D eigenvalue weighted by Gasteiger charge is -2.11. The van der Waals surface area contributed by atoms with Gasteiger partial charge in [0.25, 0.3) is 0 Å². The van der Waals surface area contributed by atoms with Gasteiger partial charge in [-0.25, -0.2) is 4.39 Å². The molecule has 1 unspecified atom stereocenters. The number of benzene rings is 2. The molecule has 1 atom stereocenters. The number of hydrogen-bond acceptors (Lipinski definition) is 0. The topological polar surface area (TPSA) is 0 Å². The van der Waals surface area contributed by atoms with Gasteiger partial charge in [-0.2, -0.15) is 0 Å². The van der Waals surface area contributed by atoms with Crippen molar-refractivity contribution in [3.8, 4) is 0 Å². The Bertz CT molecular complexity index is 517. The van der Waals surface area contributed by atoms with Gasteiger partial charge >= 0.3 is 0 Å². The van der Waals surface area contributed by atoms with E-state index in [0.29, 0.717) is 5.56 Å². The van der Waals surface area contributed by atoms with Gasteiger partial charge in [-0.15, -0.1) is 11.6 Å². The third-order valence-electron chi connectivity index (χ3n) is 2.86. The molecule has 2 aromatic carbocycles. The first kappa shape index (κ1) is 12.1. The van der Waals surface area contributed by atoms with Crippen LogP contribution >= 0.6 is 11.6 Å². The van der Waals surface area contributed by atoms with Crippen molar-refractivity contribution in [1.82, 2.24) is 0 Å². The van der Waals surface area contributed by atoms with Gasteiger partial charge < -0.3 is 0 Å². The number of hydrogen-bond donors (Lipinski definition) is 0. The van der Waals surface area contributed by atoms with Crippen molar-refractivity contribution in [3.05, 3.63) is 70.5 Å². The minimum Gasteiger partial charge on any atom is -0.207 e. The van der Waals surface area contributed by atoms with Crippen LogP contribution in [-0.2, 0) is 0 Å². The summed E-state index contributed by atoms with van der Waals surface area (Å²) in [6.45, 7) is 3.77. The Labute approximate surface area is 106 Å². The fourth-order valence-electron chi connectivity index (χ4n) is 1.69. The van der Waals surface area contributed by atoms with E-state index in [9.17, 15) is 4.39 Å². The van der Waals surface area contributed by atoms with E-state index < -0.39 is 0 Å². The molecule has 2 aromatic rings. The van der Waals surface area contributed by atoms with Crippen molar-refractivity contribution in [1.29, 1.82) is 0 Å². The van der Waals surface area contributed by atoms with Crippen LogP contribution < -0.4 is 0 Å². The lowest BCUT2D eigenvalue weighted by molar-refractivity contribution is 0.616. The second-order valence-corrected chi connectivity index (χ2v) is 4.72. The standard InChI is InChI=1S/C15H14ClF/c1-10-3-6-12(7-4-10)15(16)13-8-5-11(2)14(17)9-13/h3-9,15H,1-2H3. The van der Waals surface area contributed by atoms with E-state index >= 15 is 0 Å². The number of halogens is 2. The molecular weight excluding hydrogens is 235 g/mol. The fourth-order valence-corrected chi connectivity index (χ4v) is 1.98. The van der Waals surface area contributed by atoms with E-state index in [1.165, 1.54) is 11.6 Å². The molecule has 0 heterocycles. The molecule has 0 radical (unpaired) electrons. The van der Waals surface area contributed by atoms with Gasteiger partial charge in [0.15, 0.2) is 0 Å². The van der Waals surface area contributed by atoms with E-state index in [2.05, 4.69) is 0 Å². The largest absolute Gasteiger partial charge is 0.207 e. The number of rotatable bonds is 2. The summed E-state index contributed by atoms with van der Waals surface area (Å²) in [5.74, 6) is -0.208. The minimum absolute atomic E-state index is 0.208. The van der Waals surface area contributed by atoms with Crippen LogP contribution in [0.2, 0.25) is 0 Å². The molecule has 0 fully saturated rings. The third kappa shape index (κ3) is 2.67. The summed E-state index contributed by atoms with van der Waals surface area (Å²) >= 11 is 6.34. The Morgan fingerprint density at radius 2 is 1.53 bits per heavy atom. The normalized spacial score (nSPS) is 12.5. The van der Waals surface area contributed by atoms with Gasteiger partial charge in [0.1, 0.15) is 5.82 Å². The first-order chi connectivity index (χ1) is 8.08. The van der Waals surface area contributed by atoms with Crippen LogP contribution in [-0.4, -0.2) is 0 Å². The molecule has 0 aromatic heterocycles. The van der Waals surface area contributed by atoms with Crippen LogP contribution in [0.5, 0.6) is 0 Å². The summed E-state index contributed by atoms with van der Waals surface area (Å²) in [5, 5.41) is -0.300. The molecule has 0 saturated heterocycles. The molecule has 17 heavy (non-hydrogen) atoms. The van der Waals surface area contributed by atoms with Crippen molar-refractivity contribution in [3.63, 3.8) is 0 Å². The second-order valence-electron chi connectivity index (χ2n) is 4.28. The average Bonchev–Trinajstić information content (AvgIpc) is 2.33. The molecule has 2 heteroatoms. The van der Waals surface area contributed by atoms with Crippen molar-refractivity contribution in [2.45, 2.75) is 19.2 Å². The SMILES string of the molecule is Cc1ccc(C(Cl)c2ccc(C)c(F)c2)cc1. The van der Waals surface area contributed by atoms with Crippen LogP contribution in [0.4, 0.5) is 4.39 Å². The lowest BCUT2D eigenvalue weighted by atomic mass is 10.0. The molecule has 2 rings (SSSR count). The number of alkyl halides is 1. The molecule has 0 aliphatic carbocycles. The van der Waals surface area contributed by atoms with Crippen molar-refractivity contribution >= 4 is 11.6 Å². The molecular formula is C15H14ClF. The molecule has 0 aliphatic rings. The van der Waals surface area contributed by atoms with E-state index in [4.69, 9.17) is 11.6 Å². The van der Waals surface area contributed by atoms with Gasteiger partial charge in [0.2, 0.25) is 0 Å². The molecule has 0 spiro atoms. The zero-order chi connectivity index (χ0) is 12.4. The van der Waals surface area contributed by atoms with Crippen LogP contribution in [0.1, 0.15) is 27.6 Å². The zero-order valence-electron chi connectivity index (χ0n) is 9.87. The summed E-state index contributed by atoms with van der Waals surface area (Å²) in [4.78, 5) is 0. The van der Waals surface area contributed by atoms with Crippen LogP contribution in [0.3, 0.4) is 0 Å². The lowest BCUT2D eigenvalue weighted by Crippen LogP contribution is -1.95. The maximum absolute atomic E-state index is 13.5. The van der Waals surface area contributed by atoms with Gasteiger partial charge in [0.05, 0.1) is 5.38 Å². The Hall–Kier alpha value is -1.34. The highest BCUT2D eigenvalue weighted by molar-refractivity contribution is 6.22. The van der Waals surface area contributed by atoms with Crippen LogP contribution in [0, 0.1) is 19.7 Å². The van der Waals surface area contributed by atoms with Crippen molar-refractivity contribution in [2.24, 2.45) is 0 Å². The van der Waals surface area contributed by atoms with Gasteiger partial charge in [0, 0.05) is 0 Å². The van der Waals surface area contributed by atoms with E-state index in [0.717, 1.165) is 11.1 Å². The molecule has 0 amide bonds. The predicted octanol–water partition coefficient (Wildman–Crippen LogP) is 4.77. The summed E-state index contributed by atoms with van der Waals surface area (Å²) in [5.41, 5.74) is 3.60. The molecule has 0 nitrogen and oxygen atoms in total. The highest BCUT2D eigenvalue weighted by atomic mass is 35.5. The first-order valence-electron chi connectivity index (χ1n) is 5.54. The first-order valence-corrected chi connectivity index (χ1v) is 5.98. The second kappa shape index (κ2) is 4.89. The van der Waals surface area contributed by atoms with Crippen LogP contribution in [0.15, 0.2) is 42.5 Å². The van der Waals surface area contributed by atoms with E-state index in [1.54, 1.807) is 13.0 Å². The van der Waals surface area contributed by atoms with Gasteiger partial charge in [-0.3, -0.25) is 0 Å². The third-order valence-corrected chi connectivity index (χ3v) is 3.36. The quantitative estimate of drug-likeness (QED) is 0.672. The molecule has 88 valence electrons. The van der Waals surface area contributed by atoms with Crippen molar-refractivity contribution in [2.75, 3.05) is 0 Å². The summed E-state index contributed by atoms with van der Waals surface area (Å²) in [6, 6.07) is 13.1. The monoisotopic (exact) mass is 248 g/mol. The Kier molecular flexibility index (Phi) is 3.49. The molecule has 0 bridgehead atoms. The molecule has 0 saturated carbocycles. The minimum atomic E-state index is -0.300. The van der Waals surface area contributed by atoms with E-state index in [-0.39, 0.29) is 11.2 Å². The summed E-state index contributed by atoms with van der Waals surface area (Å²) in [6.07, 6.45) is 0. The summed E-state index contributed by atoms with van der Waals surface area (Å²) in [7, 11) is 0. The Morgan fingerprint density at radius 3 is 2.12 bits per heavy atom. The Balaban J connectivity index is 2.33. The fraction of sp³-hybridized carbons (Fsp3) is 0.200. The van der Waals surface area contributed by atoms with Gasteiger partial charge in [-0.1, -0.05) is 42.0 Å². The molecule has 0 aliphatic heterocycles. The number of aryl methyl sites for hydroxylation is 2. The van der Waals surface area contributed by atoms with E-state index in [1.807, 2.05) is 37.3 Å².